The van der Waals surface area contributed by atoms with E-state index in [-0.39, 0.29) is 0 Å². The van der Waals surface area contributed by atoms with Gasteiger partial charge in [-0.15, -0.1) is 0 Å². The zero-order valence-electron chi connectivity index (χ0n) is 8.88. The lowest BCUT2D eigenvalue weighted by Crippen LogP contribution is -1.99. The van der Waals surface area contributed by atoms with Crippen molar-refractivity contribution in [3.63, 3.8) is 0 Å². The summed E-state index contributed by atoms with van der Waals surface area (Å²) >= 11 is 15.3. The molecule has 0 radical (unpaired) electrons. The van der Waals surface area contributed by atoms with E-state index >= 15 is 0 Å². The Labute approximate surface area is 119 Å². The first kappa shape index (κ1) is 12.7. The van der Waals surface area contributed by atoms with Gasteiger partial charge in [0.2, 0.25) is 0 Å². The van der Waals surface area contributed by atoms with Crippen LogP contribution in [0.3, 0.4) is 0 Å². The Morgan fingerprint density at radius 2 is 1.71 bits per heavy atom. The van der Waals surface area contributed by atoms with Crippen LogP contribution < -0.4 is 5.32 Å². The summed E-state index contributed by atoms with van der Waals surface area (Å²) in [6, 6.07) is 13.5. The molecule has 0 bridgehead atoms. The van der Waals surface area contributed by atoms with Gasteiger partial charge < -0.3 is 5.32 Å². The monoisotopic (exact) mass is 329 g/mol. The summed E-state index contributed by atoms with van der Waals surface area (Å²) in [5.74, 6) is 0. The van der Waals surface area contributed by atoms with Crippen molar-refractivity contribution in [2.24, 2.45) is 0 Å². The van der Waals surface area contributed by atoms with E-state index in [1.165, 1.54) is 0 Å². The lowest BCUT2D eigenvalue weighted by molar-refractivity contribution is 1.15. The highest BCUT2D eigenvalue weighted by atomic mass is 79.9. The quantitative estimate of drug-likeness (QED) is 0.797. The molecular formula is C13H10BrCl2N. The molecule has 88 valence electrons. The van der Waals surface area contributed by atoms with Crippen molar-refractivity contribution in [3.05, 3.63) is 62.5 Å². The topological polar surface area (TPSA) is 12.0 Å². The van der Waals surface area contributed by atoms with Crippen molar-refractivity contribution in [2.45, 2.75) is 6.54 Å². The predicted octanol–water partition coefficient (Wildman–Crippen LogP) is 5.37. The smallest absolute Gasteiger partial charge is 0.0470 e. The van der Waals surface area contributed by atoms with E-state index in [0.717, 1.165) is 15.7 Å². The molecule has 0 aromatic heterocycles. The van der Waals surface area contributed by atoms with Crippen LogP contribution >= 0.6 is 39.1 Å². The third-order valence-electron chi connectivity index (χ3n) is 2.34. The van der Waals surface area contributed by atoms with Crippen molar-refractivity contribution < 1.29 is 0 Å². The van der Waals surface area contributed by atoms with Crippen molar-refractivity contribution in [1.82, 2.24) is 0 Å². The van der Waals surface area contributed by atoms with Gasteiger partial charge in [-0.25, -0.2) is 0 Å². The molecule has 0 spiro atoms. The molecule has 1 nitrogen and oxygen atoms in total. The minimum atomic E-state index is 0.655. The molecule has 2 rings (SSSR count). The predicted molar refractivity (Wildman–Crippen MR) is 77.9 cm³/mol. The molecule has 0 aliphatic heterocycles. The Morgan fingerprint density at radius 1 is 1.00 bits per heavy atom. The first-order valence-electron chi connectivity index (χ1n) is 5.08. The molecule has 1 N–H and O–H groups in total. The summed E-state index contributed by atoms with van der Waals surface area (Å²) in [6.45, 7) is 0.678. The Kier molecular flexibility index (Phi) is 4.32. The van der Waals surface area contributed by atoms with Crippen LogP contribution in [0, 0.1) is 0 Å². The van der Waals surface area contributed by atoms with E-state index in [9.17, 15) is 0 Å². The van der Waals surface area contributed by atoms with Gasteiger partial charge in [0, 0.05) is 26.8 Å². The average Bonchev–Trinajstić information content (AvgIpc) is 2.30. The zero-order valence-corrected chi connectivity index (χ0v) is 12.0. The van der Waals surface area contributed by atoms with Gasteiger partial charge in [-0.1, -0.05) is 45.2 Å². The highest BCUT2D eigenvalue weighted by Gasteiger charge is 2.01. The number of anilines is 1. The second kappa shape index (κ2) is 5.76. The molecule has 2 aromatic rings. The molecular weight excluding hydrogens is 321 g/mol. The van der Waals surface area contributed by atoms with Gasteiger partial charge in [0.15, 0.2) is 0 Å². The highest BCUT2D eigenvalue weighted by Crippen LogP contribution is 2.22. The number of halogens is 3. The first-order chi connectivity index (χ1) is 8.15. The second-order valence-electron chi connectivity index (χ2n) is 3.60. The maximum atomic E-state index is 6.09. The number of hydrogen-bond donors (Lipinski definition) is 1. The van der Waals surface area contributed by atoms with E-state index < -0.39 is 0 Å². The molecule has 0 saturated heterocycles. The van der Waals surface area contributed by atoms with Crippen molar-refractivity contribution in [1.29, 1.82) is 0 Å². The molecule has 0 unspecified atom stereocenters. The fourth-order valence-electron chi connectivity index (χ4n) is 1.43. The lowest BCUT2D eigenvalue weighted by atomic mass is 10.2. The number of nitrogens with one attached hydrogen (secondary N) is 1. The van der Waals surface area contributed by atoms with Gasteiger partial charge in [-0.2, -0.15) is 0 Å². The normalized spacial score (nSPS) is 10.3. The van der Waals surface area contributed by atoms with Crippen LogP contribution in [-0.2, 0) is 6.54 Å². The van der Waals surface area contributed by atoms with Gasteiger partial charge in [0.05, 0.1) is 0 Å². The molecule has 2 aromatic carbocycles. The Hall–Kier alpha value is -0.700. The molecule has 0 aliphatic carbocycles. The van der Waals surface area contributed by atoms with Crippen molar-refractivity contribution >= 4 is 44.8 Å². The Bertz CT molecular complexity index is 511. The van der Waals surface area contributed by atoms with Crippen molar-refractivity contribution in [3.8, 4) is 0 Å². The summed E-state index contributed by atoms with van der Waals surface area (Å²) in [4.78, 5) is 0. The SMILES string of the molecule is Clc1ccc(CNc2ccc(Br)cc2)c(Cl)c1. The van der Waals surface area contributed by atoms with Crippen LogP contribution in [-0.4, -0.2) is 0 Å². The summed E-state index contributed by atoms with van der Waals surface area (Å²) in [7, 11) is 0. The van der Waals surface area contributed by atoms with Crippen LogP contribution in [0.2, 0.25) is 10.0 Å². The van der Waals surface area contributed by atoms with Gasteiger partial charge in [0.1, 0.15) is 0 Å². The average molecular weight is 331 g/mol. The molecule has 0 heterocycles. The van der Waals surface area contributed by atoms with Crippen LogP contribution in [0.5, 0.6) is 0 Å². The van der Waals surface area contributed by atoms with E-state index in [4.69, 9.17) is 23.2 Å². The summed E-state index contributed by atoms with van der Waals surface area (Å²) in [5.41, 5.74) is 2.08. The van der Waals surface area contributed by atoms with Crippen LogP contribution in [0.25, 0.3) is 0 Å². The van der Waals surface area contributed by atoms with Crippen molar-refractivity contribution in [2.75, 3.05) is 5.32 Å². The number of hydrogen-bond acceptors (Lipinski definition) is 1. The summed E-state index contributed by atoms with van der Waals surface area (Å²) in [6.07, 6.45) is 0. The van der Waals surface area contributed by atoms with E-state index in [2.05, 4.69) is 21.2 Å². The Morgan fingerprint density at radius 3 is 2.35 bits per heavy atom. The number of benzene rings is 2. The fourth-order valence-corrected chi connectivity index (χ4v) is 2.17. The van der Waals surface area contributed by atoms with Gasteiger partial charge >= 0.3 is 0 Å². The molecule has 0 saturated carbocycles. The highest BCUT2D eigenvalue weighted by molar-refractivity contribution is 9.10. The molecule has 4 heteroatoms. The minimum absolute atomic E-state index is 0.655. The molecule has 0 aliphatic rings. The number of rotatable bonds is 3. The second-order valence-corrected chi connectivity index (χ2v) is 5.36. The van der Waals surface area contributed by atoms with Crippen LogP contribution in [0.15, 0.2) is 46.9 Å². The van der Waals surface area contributed by atoms with E-state index in [0.29, 0.717) is 16.6 Å². The Balaban J connectivity index is 2.04. The zero-order chi connectivity index (χ0) is 12.3. The minimum Gasteiger partial charge on any atom is -0.381 e. The summed E-state index contributed by atoms with van der Waals surface area (Å²) < 4.78 is 1.06. The van der Waals surface area contributed by atoms with E-state index in [1.54, 1.807) is 6.07 Å². The molecule has 0 amide bonds. The van der Waals surface area contributed by atoms with Gasteiger partial charge in [-0.05, 0) is 42.0 Å². The third-order valence-corrected chi connectivity index (χ3v) is 3.46. The van der Waals surface area contributed by atoms with Crippen LogP contribution in [0.4, 0.5) is 5.69 Å². The van der Waals surface area contributed by atoms with Crippen LogP contribution in [0.1, 0.15) is 5.56 Å². The first-order valence-corrected chi connectivity index (χ1v) is 6.63. The van der Waals surface area contributed by atoms with Gasteiger partial charge in [-0.3, -0.25) is 0 Å². The molecule has 0 fully saturated rings. The fraction of sp³-hybridized carbons (Fsp3) is 0.0769. The van der Waals surface area contributed by atoms with E-state index in [1.807, 2.05) is 36.4 Å². The summed E-state index contributed by atoms with van der Waals surface area (Å²) in [5, 5.41) is 4.64. The standard InChI is InChI=1S/C13H10BrCl2N/c14-10-2-5-12(6-3-10)17-8-9-1-4-11(15)7-13(9)16/h1-7,17H,8H2. The largest absolute Gasteiger partial charge is 0.381 e. The maximum absolute atomic E-state index is 6.09. The van der Waals surface area contributed by atoms with Gasteiger partial charge in [0.25, 0.3) is 0 Å². The molecule has 17 heavy (non-hydrogen) atoms. The third kappa shape index (κ3) is 3.63. The maximum Gasteiger partial charge on any atom is 0.0470 e. The lowest BCUT2D eigenvalue weighted by Gasteiger charge is -2.08. The molecule has 0 atom stereocenters.